The molecule has 0 atom stereocenters. The van der Waals surface area contributed by atoms with Crippen molar-refractivity contribution >= 4 is 39.8 Å². The monoisotopic (exact) mass is 281 g/mol. The first-order chi connectivity index (χ1) is 5.16. The Kier molecular flexibility index (Phi) is 2.89. The fourth-order valence-corrected chi connectivity index (χ4v) is 3.08. The average molecular weight is 281 g/mol. The van der Waals surface area contributed by atoms with Crippen molar-refractivity contribution in [2.45, 2.75) is 13.3 Å². The number of aryl methyl sites for hydroxylation is 1. The average Bonchev–Trinajstić information content (AvgIpc) is 2.30. The van der Waals surface area contributed by atoms with Gasteiger partial charge in [-0.3, -0.25) is 4.79 Å². The molecule has 0 bridgehead atoms. The zero-order chi connectivity index (χ0) is 8.43. The molecule has 0 fully saturated rings. The second-order valence-corrected chi connectivity index (χ2v) is 4.08. The van der Waals surface area contributed by atoms with E-state index in [1.54, 1.807) is 0 Å². The molecule has 1 amide bonds. The van der Waals surface area contributed by atoms with Crippen molar-refractivity contribution in [3.8, 4) is 0 Å². The van der Waals surface area contributed by atoms with Crippen molar-refractivity contribution in [3.63, 3.8) is 0 Å². The zero-order valence-corrected chi connectivity index (χ0v) is 9.03. The number of primary amides is 1. The maximum atomic E-state index is 10.8. The first-order valence-corrected chi connectivity index (χ1v) is 5.18. The Labute approximate surface area is 82.9 Å². The van der Waals surface area contributed by atoms with Crippen LogP contribution in [0.25, 0.3) is 0 Å². The highest BCUT2D eigenvalue weighted by atomic mass is 127. The summed E-state index contributed by atoms with van der Waals surface area (Å²) in [5.41, 5.74) is 6.36. The van der Waals surface area contributed by atoms with Crippen LogP contribution in [0.4, 0.5) is 0 Å². The van der Waals surface area contributed by atoms with E-state index in [-0.39, 0.29) is 5.91 Å². The highest BCUT2D eigenvalue weighted by molar-refractivity contribution is 14.1. The van der Waals surface area contributed by atoms with E-state index in [1.807, 2.05) is 5.38 Å². The first kappa shape index (κ1) is 8.99. The van der Waals surface area contributed by atoms with Gasteiger partial charge in [0.05, 0.1) is 0 Å². The Bertz CT molecular complexity index is 282. The number of nitrogens with two attached hydrogens (primary N) is 1. The van der Waals surface area contributed by atoms with Gasteiger partial charge in [-0.1, -0.05) is 6.92 Å². The molecule has 60 valence electrons. The Morgan fingerprint density at radius 3 is 2.73 bits per heavy atom. The number of amides is 1. The molecule has 0 aliphatic rings. The Hall–Kier alpha value is -0.100. The molecule has 0 aliphatic carbocycles. The summed E-state index contributed by atoms with van der Waals surface area (Å²) in [5.74, 6) is -0.320. The van der Waals surface area contributed by atoms with E-state index in [1.165, 1.54) is 16.9 Å². The van der Waals surface area contributed by atoms with Crippen molar-refractivity contribution in [2.24, 2.45) is 5.73 Å². The first-order valence-electron chi connectivity index (χ1n) is 3.22. The summed E-state index contributed by atoms with van der Waals surface area (Å²) in [6.07, 6.45) is 0.960. The SMILES string of the molecule is CCc1csc(C(N)=O)c1I. The van der Waals surface area contributed by atoms with Crippen molar-refractivity contribution < 1.29 is 4.79 Å². The lowest BCUT2D eigenvalue weighted by atomic mass is 10.2. The van der Waals surface area contributed by atoms with Gasteiger partial charge in [-0.15, -0.1) is 11.3 Å². The number of hydrogen-bond acceptors (Lipinski definition) is 2. The topological polar surface area (TPSA) is 43.1 Å². The predicted octanol–water partition coefficient (Wildman–Crippen LogP) is 2.01. The van der Waals surface area contributed by atoms with E-state index in [9.17, 15) is 4.79 Å². The summed E-state index contributed by atoms with van der Waals surface area (Å²) in [6, 6.07) is 0. The third kappa shape index (κ3) is 1.73. The van der Waals surface area contributed by atoms with E-state index in [2.05, 4.69) is 29.5 Å². The molecule has 1 aromatic heterocycles. The molecule has 11 heavy (non-hydrogen) atoms. The van der Waals surface area contributed by atoms with Crippen LogP contribution in [-0.2, 0) is 6.42 Å². The molecule has 0 aliphatic heterocycles. The van der Waals surface area contributed by atoms with Gasteiger partial charge in [0.25, 0.3) is 5.91 Å². The molecule has 0 saturated heterocycles. The molecule has 4 heteroatoms. The minimum absolute atomic E-state index is 0.320. The Morgan fingerprint density at radius 2 is 2.45 bits per heavy atom. The second-order valence-electron chi connectivity index (χ2n) is 2.12. The number of thiophene rings is 1. The molecular formula is C7H8INOS. The highest BCUT2D eigenvalue weighted by Gasteiger charge is 2.11. The molecule has 2 nitrogen and oxygen atoms in total. The van der Waals surface area contributed by atoms with Crippen molar-refractivity contribution in [3.05, 3.63) is 19.4 Å². The van der Waals surface area contributed by atoms with Gasteiger partial charge in [0, 0.05) is 3.57 Å². The van der Waals surface area contributed by atoms with Crippen LogP contribution in [-0.4, -0.2) is 5.91 Å². The summed E-state index contributed by atoms with van der Waals surface area (Å²) in [7, 11) is 0. The van der Waals surface area contributed by atoms with E-state index >= 15 is 0 Å². The van der Waals surface area contributed by atoms with Gasteiger partial charge >= 0.3 is 0 Å². The smallest absolute Gasteiger partial charge is 0.259 e. The van der Waals surface area contributed by atoms with Crippen molar-refractivity contribution in [1.82, 2.24) is 0 Å². The molecule has 1 rings (SSSR count). The third-order valence-electron chi connectivity index (χ3n) is 1.41. The number of rotatable bonds is 2. The quantitative estimate of drug-likeness (QED) is 0.828. The van der Waals surface area contributed by atoms with E-state index in [0.29, 0.717) is 4.88 Å². The predicted molar refractivity (Wildman–Crippen MR) is 54.9 cm³/mol. The lowest BCUT2D eigenvalue weighted by Gasteiger charge is -1.92. The summed E-state index contributed by atoms with van der Waals surface area (Å²) in [4.78, 5) is 11.5. The second kappa shape index (κ2) is 3.53. The van der Waals surface area contributed by atoms with Gasteiger partial charge in [-0.05, 0) is 40.0 Å². The molecular weight excluding hydrogens is 273 g/mol. The normalized spacial score (nSPS) is 10.0. The van der Waals surface area contributed by atoms with Crippen LogP contribution in [0.1, 0.15) is 22.2 Å². The summed E-state index contributed by atoms with van der Waals surface area (Å²) in [5, 5.41) is 1.99. The van der Waals surface area contributed by atoms with Crippen LogP contribution in [0.15, 0.2) is 5.38 Å². The van der Waals surface area contributed by atoms with Crippen LogP contribution in [0.5, 0.6) is 0 Å². The third-order valence-corrected chi connectivity index (χ3v) is 4.05. The van der Waals surface area contributed by atoms with Crippen LogP contribution in [0.3, 0.4) is 0 Å². The van der Waals surface area contributed by atoms with Gasteiger partial charge in [-0.2, -0.15) is 0 Å². The number of carbonyl (C=O) groups excluding carboxylic acids is 1. The minimum atomic E-state index is -0.320. The lowest BCUT2D eigenvalue weighted by Crippen LogP contribution is -2.10. The fourth-order valence-electron chi connectivity index (χ4n) is 0.784. The highest BCUT2D eigenvalue weighted by Crippen LogP contribution is 2.24. The fraction of sp³-hybridized carbons (Fsp3) is 0.286. The van der Waals surface area contributed by atoms with Crippen LogP contribution >= 0.6 is 33.9 Å². The van der Waals surface area contributed by atoms with Gasteiger partial charge in [0.1, 0.15) is 4.88 Å². The number of carbonyl (C=O) groups is 1. The minimum Gasteiger partial charge on any atom is -0.365 e. The van der Waals surface area contributed by atoms with Crippen LogP contribution in [0.2, 0.25) is 0 Å². The van der Waals surface area contributed by atoms with Crippen LogP contribution in [0, 0.1) is 3.57 Å². The molecule has 0 spiro atoms. The van der Waals surface area contributed by atoms with Gasteiger partial charge < -0.3 is 5.73 Å². The van der Waals surface area contributed by atoms with Gasteiger partial charge in [0.15, 0.2) is 0 Å². The summed E-state index contributed by atoms with van der Waals surface area (Å²) < 4.78 is 1.02. The molecule has 0 radical (unpaired) electrons. The molecule has 0 aromatic carbocycles. The standard InChI is InChI=1S/C7H8INOS/c1-2-4-3-11-6(5(4)8)7(9)10/h3H,2H2,1H3,(H2,9,10). The zero-order valence-electron chi connectivity index (χ0n) is 6.06. The molecule has 1 heterocycles. The molecule has 2 N–H and O–H groups in total. The van der Waals surface area contributed by atoms with E-state index in [4.69, 9.17) is 5.73 Å². The molecule has 0 saturated carbocycles. The maximum absolute atomic E-state index is 10.8. The van der Waals surface area contributed by atoms with Crippen molar-refractivity contribution in [1.29, 1.82) is 0 Å². The Morgan fingerprint density at radius 1 is 1.82 bits per heavy atom. The summed E-state index contributed by atoms with van der Waals surface area (Å²) >= 11 is 3.59. The van der Waals surface area contributed by atoms with Crippen molar-refractivity contribution in [2.75, 3.05) is 0 Å². The maximum Gasteiger partial charge on any atom is 0.259 e. The van der Waals surface area contributed by atoms with Crippen LogP contribution < -0.4 is 5.73 Å². The van der Waals surface area contributed by atoms with E-state index < -0.39 is 0 Å². The van der Waals surface area contributed by atoms with Gasteiger partial charge in [-0.25, -0.2) is 0 Å². The largest absolute Gasteiger partial charge is 0.365 e. The Balaban J connectivity index is 3.10. The van der Waals surface area contributed by atoms with E-state index in [0.717, 1.165) is 9.99 Å². The van der Waals surface area contributed by atoms with Gasteiger partial charge in [0.2, 0.25) is 0 Å². The number of halogens is 1. The number of hydrogen-bond donors (Lipinski definition) is 1. The summed E-state index contributed by atoms with van der Waals surface area (Å²) in [6.45, 7) is 2.06. The lowest BCUT2D eigenvalue weighted by molar-refractivity contribution is 0.100. The molecule has 0 unspecified atom stereocenters. The molecule has 1 aromatic rings.